The maximum absolute atomic E-state index is 11.4. The van der Waals surface area contributed by atoms with Crippen molar-refractivity contribution in [3.05, 3.63) is 0 Å². The normalized spacial score (nSPS) is 23.5. The van der Waals surface area contributed by atoms with Crippen LogP contribution >= 0.6 is 0 Å². The van der Waals surface area contributed by atoms with Gasteiger partial charge in [-0.3, -0.25) is 4.79 Å². The molecular weight excluding hydrogens is 194 g/mol. The Hall–Kier alpha value is -0.610. The summed E-state index contributed by atoms with van der Waals surface area (Å²) in [4.78, 5) is 13.6. The molecule has 0 aromatic rings. The minimum Gasteiger partial charge on any atom is -0.469 e. The van der Waals surface area contributed by atoms with Crippen LogP contribution in [0.5, 0.6) is 0 Å². The first-order chi connectivity index (χ1) is 7.03. The largest absolute Gasteiger partial charge is 0.469 e. The second kappa shape index (κ2) is 4.94. The number of hydrogen-bond donors (Lipinski definition) is 1. The average Bonchev–Trinajstić information content (AvgIpc) is 2.28. The van der Waals surface area contributed by atoms with Crippen LogP contribution in [0.3, 0.4) is 0 Å². The van der Waals surface area contributed by atoms with Crippen molar-refractivity contribution in [3.8, 4) is 0 Å². The van der Waals surface area contributed by atoms with Gasteiger partial charge in [0.1, 0.15) is 0 Å². The molecule has 88 valence electrons. The summed E-state index contributed by atoms with van der Waals surface area (Å²) in [5, 5.41) is 10.3. The minimum atomic E-state index is -0.876. The third-order valence-electron chi connectivity index (χ3n) is 3.53. The quantitative estimate of drug-likeness (QED) is 0.702. The molecular formula is C11H21NO3. The molecule has 1 aliphatic rings. The number of likely N-dealkylation sites (tertiary alicyclic amines) is 1. The van der Waals surface area contributed by atoms with Crippen molar-refractivity contribution < 1.29 is 14.6 Å². The highest BCUT2D eigenvalue weighted by Gasteiger charge is 2.41. The molecule has 0 saturated carbocycles. The number of carbonyl (C=O) groups is 1. The van der Waals surface area contributed by atoms with Crippen molar-refractivity contribution in [2.75, 3.05) is 26.7 Å². The Labute approximate surface area is 91.2 Å². The van der Waals surface area contributed by atoms with Crippen molar-refractivity contribution in [1.29, 1.82) is 0 Å². The maximum atomic E-state index is 11.4. The van der Waals surface area contributed by atoms with E-state index in [4.69, 9.17) is 0 Å². The topological polar surface area (TPSA) is 49.8 Å². The van der Waals surface area contributed by atoms with E-state index in [1.54, 1.807) is 6.92 Å². The predicted molar refractivity (Wildman–Crippen MR) is 57.5 cm³/mol. The van der Waals surface area contributed by atoms with E-state index in [-0.39, 0.29) is 5.97 Å². The molecule has 0 aromatic carbocycles. The highest BCUT2D eigenvalue weighted by atomic mass is 16.5. The Kier molecular flexibility index (Phi) is 4.11. The zero-order valence-electron chi connectivity index (χ0n) is 9.82. The fraction of sp³-hybridized carbons (Fsp3) is 0.909. The van der Waals surface area contributed by atoms with Crippen LogP contribution in [0.2, 0.25) is 0 Å². The van der Waals surface area contributed by atoms with Crippen molar-refractivity contribution in [3.63, 3.8) is 0 Å². The Morgan fingerprint density at radius 2 is 2.07 bits per heavy atom. The van der Waals surface area contributed by atoms with E-state index in [1.807, 2.05) is 0 Å². The van der Waals surface area contributed by atoms with Gasteiger partial charge >= 0.3 is 5.97 Å². The van der Waals surface area contributed by atoms with Gasteiger partial charge in [0.05, 0.1) is 18.6 Å². The van der Waals surface area contributed by atoms with E-state index in [0.717, 1.165) is 19.6 Å². The standard InChI is InChI=1S/C11H21NO3/c1-4-12-7-5-11(14,6-8-12)9(2)10(13)15-3/h9,14H,4-8H2,1-3H3. The van der Waals surface area contributed by atoms with E-state index >= 15 is 0 Å². The van der Waals surface area contributed by atoms with Gasteiger partial charge in [0.15, 0.2) is 0 Å². The molecule has 0 bridgehead atoms. The highest BCUT2D eigenvalue weighted by Crippen LogP contribution is 2.30. The van der Waals surface area contributed by atoms with Gasteiger partial charge < -0.3 is 14.7 Å². The van der Waals surface area contributed by atoms with Crippen LogP contribution in [0, 0.1) is 5.92 Å². The second-order valence-corrected chi connectivity index (χ2v) is 4.28. The summed E-state index contributed by atoms with van der Waals surface area (Å²) in [6.07, 6.45) is 1.30. The molecule has 15 heavy (non-hydrogen) atoms. The van der Waals surface area contributed by atoms with Gasteiger partial charge in [-0.15, -0.1) is 0 Å². The van der Waals surface area contributed by atoms with Gasteiger partial charge in [-0.05, 0) is 26.3 Å². The van der Waals surface area contributed by atoms with Crippen LogP contribution in [-0.2, 0) is 9.53 Å². The van der Waals surface area contributed by atoms with Crippen LogP contribution in [0.1, 0.15) is 26.7 Å². The zero-order valence-corrected chi connectivity index (χ0v) is 9.82. The lowest BCUT2D eigenvalue weighted by Crippen LogP contribution is -2.50. The van der Waals surface area contributed by atoms with Crippen LogP contribution < -0.4 is 0 Å². The molecule has 0 radical (unpaired) electrons. The third kappa shape index (κ3) is 2.69. The number of ether oxygens (including phenoxy) is 1. The second-order valence-electron chi connectivity index (χ2n) is 4.28. The van der Waals surface area contributed by atoms with Crippen molar-refractivity contribution in [2.45, 2.75) is 32.3 Å². The van der Waals surface area contributed by atoms with Gasteiger partial charge in [-0.25, -0.2) is 0 Å². The number of carbonyl (C=O) groups excluding carboxylic acids is 1. The summed E-state index contributed by atoms with van der Waals surface area (Å²) in [6.45, 7) is 6.56. The SMILES string of the molecule is CCN1CCC(O)(C(C)C(=O)OC)CC1. The monoisotopic (exact) mass is 215 g/mol. The van der Waals surface area contributed by atoms with E-state index in [9.17, 15) is 9.90 Å². The fourth-order valence-corrected chi connectivity index (χ4v) is 2.09. The van der Waals surface area contributed by atoms with Crippen molar-refractivity contribution in [2.24, 2.45) is 5.92 Å². The van der Waals surface area contributed by atoms with Crippen LogP contribution in [0.4, 0.5) is 0 Å². The summed E-state index contributed by atoms with van der Waals surface area (Å²) in [7, 11) is 1.36. The lowest BCUT2D eigenvalue weighted by atomic mass is 9.80. The molecule has 1 aliphatic heterocycles. The lowest BCUT2D eigenvalue weighted by molar-refractivity contribution is -0.158. The van der Waals surface area contributed by atoms with Gasteiger partial charge in [0.25, 0.3) is 0 Å². The Morgan fingerprint density at radius 3 is 2.47 bits per heavy atom. The van der Waals surface area contributed by atoms with E-state index < -0.39 is 11.5 Å². The number of esters is 1. The molecule has 0 amide bonds. The Balaban J connectivity index is 2.57. The first-order valence-corrected chi connectivity index (χ1v) is 5.56. The summed E-state index contributed by atoms with van der Waals surface area (Å²) in [5.74, 6) is -0.746. The molecule has 1 atom stereocenters. The number of nitrogens with zero attached hydrogens (tertiary/aromatic N) is 1. The summed E-state index contributed by atoms with van der Waals surface area (Å²) in [5.41, 5.74) is -0.876. The minimum absolute atomic E-state index is 0.317. The van der Waals surface area contributed by atoms with Gasteiger partial charge in [0.2, 0.25) is 0 Å². The molecule has 1 unspecified atom stereocenters. The molecule has 1 heterocycles. The molecule has 1 rings (SSSR count). The smallest absolute Gasteiger partial charge is 0.311 e. The van der Waals surface area contributed by atoms with Crippen LogP contribution in [0.25, 0.3) is 0 Å². The number of hydrogen-bond acceptors (Lipinski definition) is 4. The molecule has 4 nitrogen and oxygen atoms in total. The molecule has 0 spiro atoms. The summed E-state index contributed by atoms with van der Waals surface area (Å²) < 4.78 is 4.67. The highest BCUT2D eigenvalue weighted by molar-refractivity contribution is 5.73. The maximum Gasteiger partial charge on any atom is 0.311 e. The number of rotatable bonds is 3. The average molecular weight is 215 g/mol. The Morgan fingerprint density at radius 1 is 1.53 bits per heavy atom. The van der Waals surface area contributed by atoms with Crippen molar-refractivity contribution >= 4 is 5.97 Å². The molecule has 1 saturated heterocycles. The zero-order chi connectivity index (χ0) is 11.5. The Bertz CT molecular complexity index is 222. The van der Waals surface area contributed by atoms with E-state index in [1.165, 1.54) is 7.11 Å². The van der Waals surface area contributed by atoms with Crippen LogP contribution in [-0.4, -0.2) is 48.3 Å². The van der Waals surface area contributed by atoms with Gasteiger partial charge in [-0.2, -0.15) is 0 Å². The molecule has 0 aromatic heterocycles. The molecule has 1 fully saturated rings. The molecule has 0 aliphatic carbocycles. The van der Waals surface area contributed by atoms with Gasteiger partial charge in [-0.1, -0.05) is 6.92 Å². The molecule has 1 N–H and O–H groups in total. The first-order valence-electron chi connectivity index (χ1n) is 5.56. The third-order valence-corrected chi connectivity index (χ3v) is 3.53. The van der Waals surface area contributed by atoms with E-state index in [2.05, 4.69) is 16.6 Å². The number of piperidine rings is 1. The van der Waals surface area contributed by atoms with E-state index in [0.29, 0.717) is 12.8 Å². The number of aliphatic hydroxyl groups is 1. The van der Waals surface area contributed by atoms with Crippen molar-refractivity contribution in [1.82, 2.24) is 4.90 Å². The fourth-order valence-electron chi connectivity index (χ4n) is 2.09. The lowest BCUT2D eigenvalue weighted by Gasteiger charge is -2.40. The predicted octanol–water partition coefficient (Wildman–Crippen LogP) is 0.642. The van der Waals surface area contributed by atoms with Gasteiger partial charge in [0, 0.05) is 13.1 Å². The number of methoxy groups -OCH3 is 1. The summed E-state index contributed by atoms with van der Waals surface area (Å²) in [6, 6.07) is 0. The summed E-state index contributed by atoms with van der Waals surface area (Å²) >= 11 is 0. The van der Waals surface area contributed by atoms with Crippen LogP contribution in [0.15, 0.2) is 0 Å². The first kappa shape index (κ1) is 12.5. The molecule has 4 heteroatoms.